The van der Waals surface area contributed by atoms with Crippen molar-refractivity contribution in [3.05, 3.63) is 0 Å². The zero-order valence-corrected chi connectivity index (χ0v) is 9.55. The molecule has 7 heavy (non-hydrogen) atoms. The van der Waals surface area contributed by atoms with Crippen LogP contribution in [0, 0.1) is 81.7 Å². The summed E-state index contributed by atoms with van der Waals surface area (Å²) in [5.74, 6) is 0. The Morgan fingerprint density at radius 1 is 0.857 bits per heavy atom. The van der Waals surface area contributed by atoms with Gasteiger partial charge in [-0.1, -0.05) is 0 Å². The van der Waals surface area contributed by atoms with Gasteiger partial charge in [0.15, 0.2) is 0 Å². The summed E-state index contributed by atoms with van der Waals surface area (Å²) in [5, 5.41) is 0. The predicted octanol–water partition coefficient (Wildman–Crippen LogP) is -2.61. The third-order valence-corrected chi connectivity index (χ3v) is 0. The maximum Gasteiger partial charge on any atom is 0.668 e. The van der Waals surface area contributed by atoms with Crippen LogP contribution in [0.1, 0.15) is 0 Å². The zero-order valence-electron chi connectivity index (χ0n) is 3.14. The Hall–Kier alpha value is 2.76. The second-order valence-corrected chi connectivity index (χ2v) is 1.80. The molecule has 0 aliphatic heterocycles. The van der Waals surface area contributed by atoms with Crippen molar-refractivity contribution in [2.24, 2.45) is 0 Å². The molecule has 0 fully saturated rings. The SMILES string of the molecule is O[Si](O)(O)O.[Ce].[Gd]. The van der Waals surface area contributed by atoms with Crippen molar-refractivity contribution in [2.45, 2.75) is 0 Å². The summed E-state index contributed by atoms with van der Waals surface area (Å²) in [6.45, 7) is 0. The van der Waals surface area contributed by atoms with Crippen LogP contribution in [0.5, 0.6) is 0 Å². The molecule has 4 nitrogen and oxygen atoms in total. The average molecular weight is 393 g/mol. The molecule has 0 saturated carbocycles. The van der Waals surface area contributed by atoms with Crippen molar-refractivity contribution in [3.63, 3.8) is 0 Å². The van der Waals surface area contributed by atoms with E-state index in [2.05, 4.69) is 0 Å². The molecule has 0 atom stereocenters. The van der Waals surface area contributed by atoms with Gasteiger partial charge in [0.1, 0.15) is 0 Å². The summed E-state index contributed by atoms with van der Waals surface area (Å²) in [5.41, 5.74) is 0. The summed E-state index contributed by atoms with van der Waals surface area (Å²) in [6.07, 6.45) is 0. The van der Waals surface area contributed by atoms with E-state index in [4.69, 9.17) is 19.2 Å². The van der Waals surface area contributed by atoms with Gasteiger partial charge in [0.2, 0.25) is 0 Å². The quantitative estimate of drug-likeness (QED) is 0.340. The fourth-order valence-electron chi connectivity index (χ4n) is 0. The van der Waals surface area contributed by atoms with Crippen molar-refractivity contribution < 1.29 is 101 Å². The second kappa shape index (κ2) is 6.87. The first kappa shape index (κ1) is 16.4. The molecule has 0 aliphatic carbocycles. The molecule has 0 bridgehead atoms. The molecular formula is H4CeGdO4Si. The van der Waals surface area contributed by atoms with Crippen molar-refractivity contribution in [1.82, 2.24) is 0 Å². The van der Waals surface area contributed by atoms with Crippen LogP contribution < -0.4 is 0 Å². The van der Waals surface area contributed by atoms with Crippen molar-refractivity contribution in [1.29, 1.82) is 0 Å². The van der Waals surface area contributed by atoms with E-state index < -0.39 is 9.05 Å². The van der Waals surface area contributed by atoms with Crippen LogP contribution in [-0.4, -0.2) is 28.2 Å². The Labute approximate surface area is 107 Å². The van der Waals surface area contributed by atoms with E-state index in [1.165, 1.54) is 0 Å². The predicted molar refractivity (Wildman–Crippen MR) is 14.6 cm³/mol. The normalized spacial score (nSPS) is 8.57. The fourth-order valence-corrected chi connectivity index (χ4v) is 0. The fraction of sp³-hybridized carbons (Fsp3) is 0. The van der Waals surface area contributed by atoms with Gasteiger partial charge in [-0.15, -0.1) is 0 Å². The zero-order chi connectivity index (χ0) is 4.50. The molecule has 0 unspecified atom stereocenters. The summed E-state index contributed by atoms with van der Waals surface area (Å²) < 4.78 is 0. The van der Waals surface area contributed by atoms with Gasteiger partial charge >= 0.3 is 9.05 Å². The van der Waals surface area contributed by atoms with Crippen LogP contribution in [0.25, 0.3) is 0 Å². The van der Waals surface area contributed by atoms with Gasteiger partial charge in [-0.2, -0.15) is 0 Å². The minimum Gasteiger partial charge on any atom is -0.368 e. The van der Waals surface area contributed by atoms with E-state index >= 15 is 0 Å². The topological polar surface area (TPSA) is 80.9 Å². The smallest absolute Gasteiger partial charge is 0.368 e. The largest absolute Gasteiger partial charge is 0.668 e. The van der Waals surface area contributed by atoms with Gasteiger partial charge in [0, 0.05) is 81.7 Å². The maximum absolute atomic E-state index is 7.33. The molecule has 0 heterocycles. The van der Waals surface area contributed by atoms with Crippen LogP contribution in [-0.2, 0) is 0 Å². The van der Waals surface area contributed by atoms with Gasteiger partial charge < -0.3 is 19.2 Å². The molecule has 4 N–H and O–H groups in total. The molecule has 44 valence electrons. The van der Waals surface area contributed by atoms with Crippen molar-refractivity contribution in [3.8, 4) is 0 Å². The van der Waals surface area contributed by atoms with Crippen LogP contribution in [0.3, 0.4) is 0 Å². The van der Waals surface area contributed by atoms with Crippen molar-refractivity contribution >= 4 is 9.05 Å². The van der Waals surface area contributed by atoms with Gasteiger partial charge in [0.05, 0.1) is 0 Å². The Balaban J connectivity index is -0.0000000800. The second-order valence-electron chi connectivity index (χ2n) is 0.600. The summed E-state index contributed by atoms with van der Waals surface area (Å²) in [6, 6.07) is 0. The molecule has 0 amide bonds. The van der Waals surface area contributed by atoms with Gasteiger partial charge in [-0.3, -0.25) is 0 Å². The van der Waals surface area contributed by atoms with Crippen LogP contribution in [0.15, 0.2) is 0 Å². The summed E-state index contributed by atoms with van der Waals surface area (Å²) >= 11 is 0. The molecule has 7 heteroatoms. The van der Waals surface area contributed by atoms with E-state index in [0.29, 0.717) is 0 Å². The molecule has 0 saturated heterocycles. The van der Waals surface area contributed by atoms with E-state index in [0.717, 1.165) is 0 Å². The molecule has 0 radical (unpaired) electrons. The molecule has 0 aromatic carbocycles. The van der Waals surface area contributed by atoms with Crippen LogP contribution in [0.4, 0.5) is 0 Å². The minimum atomic E-state index is -4.61. The first-order valence-corrected chi connectivity index (χ1v) is 2.68. The Morgan fingerprint density at radius 3 is 0.857 bits per heavy atom. The first-order chi connectivity index (χ1) is 2.00. The standard InChI is InChI=1S/Ce.Gd.H4O4Si/c;;1-5(2,3)4/h;;1-4H. The maximum atomic E-state index is 7.33. The van der Waals surface area contributed by atoms with E-state index in [-0.39, 0.29) is 81.7 Å². The van der Waals surface area contributed by atoms with E-state index in [9.17, 15) is 0 Å². The molecule has 0 rings (SSSR count). The number of hydrogen-bond donors (Lipinski definition) is 4. The third kappa shape index (κ3) is 52.6. The molecular weight excluding hydrogens is 389 g/mol. The summed E-state index contributed by atoms with van der Waals surface area (Å²) in [7, 11) is -4.61. The summed E-state index contributed by atoms with van der Waals surface area (Å²) in [4.78, 5) is 29.3. The monoisotopic (exact) mass is 394 g/mol. The molecule has 0 aliphatic rings. The van der Waals surface area contributed by atoms with Gasteiger partial charge in [0.25, 0.3) is 0 Å². The van der Waals surface area contributed by atoms with Crippen molar-refractivity contribution in [2.75, 3.05) is 0 Å². The van der Waals surface area contributed by atoms with E-state index in [1.54, 1.807) is 0 Å². The van der Waals surface area contributed by atoms with E-state index in [1.807, 2.05) is 0 Å². The molecule has 0 spiro atoms. The Kier molecular flexibility index (Phi) is 16.1. The number of hydrogen-bond acceptors (Lipinski definition) is 4. The Bertz CT molecular complexity index is 27.2. The van der Waals surface area contributed by atoms with Gasteiger partial charge in [-0.05, 0) is 0 Å². The van der Waals surface area contributed by atoms with Gasteiger partial charge in [-0.25, -0.2) is 0 Å². The van der Waals surface area contributed by atoms with Crippen LogP contribution in [0.2, 0.25) is 0 Å². The Morgan fingerprint density at radius 2 is 0.857 bits per heavy atom. The van der Waals surface area contributed by atoms with Crippen LogP contribution >= 0.6 is 0 Å². The molecule has 0 aromatic heterocycles. The first-order valence-electron chi connectivity index (χ1n) is 0.894. The number of rotatable bonds is 0. The average Bonchev–Trinajstić information content (AvgIpc) is 0.722. The molecule has 0 aromatic rings. The minimum absolute atomic E-state index is 0. The third-order valence-electron chi connectivity index (χ3n) is 0.